The van der Waals surface area contributed by atoms with Crippen molar-refractivity contribution < 1.29 is 9.50 Å². The summed E-state index contributed by atoms with van der Waals surface area (Å²) in [6.45, 7) is 4.40. The lowest BCUT2D eigenvalue weighted by Gasteiger charge is -2.25. The van der Waals surface area contributed by atoms with E-state index in [0.717, 1.165) is 16.8 Å². The van der Waals surface area contributed by atoms with E-state index < -0.39 is 6.10 Å². The molecule has 3 rings (SSSR count). The van der Waals surface area contributed by atoms with Crippen LogP contribution >= 0.6 is 0 Å². The Labute approximate surface area is 123 Å². The fourth-order valence-electron chi connectivity index (χ4n) is 2.69. The van der Waals surface area contributed by atoms with Crippen LogP contribution in [0, 0.1) is 19.7 Å². The van der Waals surface area contributed by atoms with Crippen LogP contribution < -0.4 is 4.90 Å². The number of β-amino-alcohol motifs (C(OH)–C–C–N with tert-alkyl or cyclic N) is 1. The van der Waals surface area contributed by atoms with Crippen LogP contribution in [0.1, 0.15) is 29.3 Å². The first kappa shape index (κ1) is 13.9. The highest BCUT2D eigenvalue weighted by atomic mass is 19.1. The Morgan fingerprint density at radius 2 is 1.95 bits per heavy atom. The average Bonchev–Trinajstić information content (AvgIpc) is 2.85. The van der Waals surface area contributed by atoms with Gasteiger partial charge in [0.1, 0.15) is 5.82 Å². The van der Waals surface area contributed by atoms with Crippen molar-refractivity contribution >= 4 is 5.95 Å². The molecule has 1 fully saturated rings. The monoisotopic (exact) mass is 287 g/mol. The maximum absolute atomic E-state index is 13.1. The van der Waals surface area contributed by atoms with Crippen LogP contribution in [0.4, 0.5) is 10.3 Å². The molecule has 0 spiro atoms. The molecule has 1 aliphatic rings. The fraction of sp³-hybridized carbons (Fsp3) is 0.375. The third kappa shape index (κ3) is 2.74. The number of aryl methyl sites for hydroxylation is 2. The van der Waals surface area contributed by atoms with Crippen LogP contribution in [0.5, 0.6) is 0 Å². The second-order valence-corrected chi connectivity index (χ2v) is 5.55. The van der Waals surface area contributed by atoms with Crippen LogP contribution in [0.3, 0.4) is 0 Å². The van der Waals surface area contributed by atoms with Crippen LogP contribution in [-0.4, -0.2) is 27.7 Å². The normalized spacial score (nSPS) is 21.8. The van der Waals surface area contributed by atoms with Gasteiger partial charge in [0.05, 0.1) is 12.1 Å². The zero-order valence-corrected chi connectivity index (χ0v) is 12.1. The first-order chi connectivity index (χ1) is 10.0. The van der Waals surface area contributed by atoms with E-state index in [-0.39, 0.29) is 11.9 Å². The molecule has 4 nitrogen and oxygen atoms in total. The van der Waals surface area contributed by atoms with E-state index in [4.69, 9.17) is 0 Å². The maximum atomic E-state index is 13.1. The van der Waals surface area contributed by atoms with Crippen LogP contribution in [-0.2, 0) is 0 Å². The summed E-state index contributed by atoms with van der Waals surface area (Å²) < 4.78 is 13.1. The van der Waals surface area contributed by atoms with Gasteiger partial charge in [0, 0.05) is 18.4 Å². The summed E-state index contributed by atoms with van der Waals surface area (Å²) in [5.74, 6) is 0.357. The lowest BCUT2D eigenvalue weighted by molar-refractivity contribution is 0.194. The Kier molecular flexibility index (Phi) is 3.59. The highest BCUT2D eigenvalue weighted by Crippen LogP contribution is 2.34. The molecule has 2 unspecified atom stereocenters. The van der Waals surface area contributed by atoms with E-state index in [1.165, 1.54) is 12.1 Å². The molecule has 1 aromatic heterocycles. The summed E-state index contributed by atoms with van der Waals surface area (Å²) >= 11 is 0. The van der Waals surface area contributed by atoms with Gasteiger partial charge in [-0.25, -0.2) is 14.4 Å². The Morgan fingerprint density at radius 3 is 2.62 bits per heavy atom. The standard InChI is InChI=1S/C16H18FN3O/c1-10-8-18-16(19-11(10)2)20-9-14(21)7-15(20)12-3-5-13(17)6-4-12/h3-6,8,14-15,21H,7,9H2,1-2H3. The molecule has 0 amide bonds. The lowest BCUT2D eigenvalue weighted by Crippen LogP contribution is -2.26. The van der Waals surface area contributed by atoms with Crippen molar-refractivity contribution in [3.8, 4) is 0 Å². The summed E-state index contributed by atoms with van der Waals surface area (Å²) in [5.41, 5.74) is 2.94. The van der Waals surface area contributed by atoms with Crippen molar-refractivity contribution in [2.75, 3.05) is 11.4 Å². The van der Waals surface area contributed by atoms with Gasteiger partial charge in [0.25, 0.3) is 0 Å². The Bertz CT molecular complexity index is 644. The topological polar surface area (TPSA) is 49.2 Å². The smallest absolute Gasteiger partial charge is 0.226 e. The lowest BCUT2D eigenvalue weighted by atomic mass is 10.0. The van der Waals surface area contributed by atoms with Gasteiger partial charge >= 0.3 is 0 Å². The number of benzene rings is 1. The van der Waals surface area contributed by atoms with Crippen LogP contribution in [0.15, 0.2) is 30.5 Å². The van der Waals surface area contributed by atoms with Crippen LogP contribution in [0.2, 0.25) is 0 Å². The van der Waals surface area contributed by atoms with Crippen molar-refractivity contribution in [3.63, 3.8) is 0 Å². The molecule has 0 aliphatic carbocycles. The molecule has 1 saturated heterocycles. The third-order valence-corrected chi connectivity index (χ3v) is 4.00. The molecule has 0 bridgehead atoms. The number of hydrogen-bond donors (Lipinski definition) is 1. The van der Waals surface area contributed by atoms with Crippen LogP contribution in [0.25, 0.3) is 0 Å². The molecule has 1 aliphatic heterocycles. The summed E-state index contributed by atoms with van der Waals surface area (Å²) in [7, 11) is 0. The highest BCUT2D eigenvalue weighted by Gasteiger charge is 2.33. The number of rotatable bonds is 2. The zero-order chi connectivity index (χ0) is 15.0. The number of aromatic nitrogens is 2. The first-order valence-corrected chi connectivity index (χ1v) is 7.05. The third-order valence-electron chi connectivity index (χ3n) is 4.00. The molecule has 21 heavy (non-hydrogen) atoms. The molecule has 1 aromatic carbocycles. The average molecular weight is 287 g/mol. The summed E-state index contributed by atoms with van der Waals surface area (Å²) in [4.78, 5) is 10.9. The van der Waals surface area contributed by atoms with Gasteiger partial charge in [-0.3, -0.25) is 0 Å². The number of halogens is 1. The number of hydrogen-bond acceptors (Lipinski definition) is 4. The minimum absolute atomic E-state index is 0.0253. The number of aliphatic hydroxyl groups excluding tert-OH is 1. The number of anilines is 1. The van der Waals surface area contributed by atoms with Gasteiger partial charge in [-0.2, -0.15) is 0 Å². The van der Waals surface area contributed by atoms with E-state index in [1.807, 2.05) is 18.7 Å². The zero-order valence-electron chi connectivity index (χ0n) is 12.1. The maximum Gasteiger partial charge on any atom is 0.226 e. The summed E-state index contributed by atoms with van der Waals surface area (Å²) in [6.07, 6.45) is 1.97. The van der Waals surface area contributed by atoms with Gasteiger partial charge < -0.3 is 10.0 Å². The molecule has 0 saturated carbocycles. The van der Waals surface area contributed by atoms with E-state index in [9.17, 15) is 9.50 Å². The SMILES string of the molecule is Cc1cnc(N2CC(O)CC2c2ccc(F)cc2)nc1C. The van der Waals surface area contributed by atoms with E-state index in [0.29, 0.717) is 18.9 Å². The second-order valence-electron chi connectivity index (χ2n) is 5.55. The first-order valence-electron chi connectivity index (χ1n) is 7.05. The largest absolute Gasteiger partial charge is 0.391 e. The predicted octanol–water partition coefficient (Wildman–Crippen LogP) is 2.54. The minimum atomic E-state index is -0.426. The molecular weight excluding hydrogens is 269 g/mol. The van der Waals surface area contributed by atoms with Crippen molar-refractivity contribution in [1.82, 2.24) is 9.97 Å². The molecule has 1 N–H and O–H groups in total. The molecule has 110 valence electrons. The van der Waals surface area contributed by atoms with Gasteiger partial charge in [0.2, 0.25) is 5.95 Å². The molecule has 2 atom stereocenters. The number of nitrogens with zero attached hydrogens (tertiary/aromatic N) is 3. The van der Waals surface area contributed by atoms with E-state index >= 15 is 0 Å². The molecule has 2 aromatic rings. The highest BCUT2D eigenvalue weighted by molar-refractivity contribution is 5.40. The van der Waals surface area contributed by atoms with Crippen molar-refractivity contribution in [2.24, 2.45) is 0 Å². The van der Waals surface area contributed by atoms with Gasteiger partial charge in [-0.05, 0) is 43.5 Å². The molecule has 2 heterocycles. The Balaban J connectivity index is 1.95. The van der Waals surface area contributed by atoms with Crippen molar-refractivity contribution in [1.29, 1.82) is 0 Å². The summed E-state index contributed by atoms with van der Waals surface area (Å²) in [5, 5.41) is 10.00. The fourth-order valence-corrected chi connectivity index (χ4v) is 2.69. The van der Waals surface area contributed by atoms with Gasteiger partial charge in [-0.1, -0.05) is 12.1 Å². The van der Waals surface area contributed by atoms with Crippen molar-refractivity contribution in [2.45, 2.75) is 32.4 Å². The van der Waals surface area contributed by atoms with Gasteiger partial charge in [0.15, 0.2) is 0 Å². The summed E-state index contributed by atoms with van der Waals surface area (Å²) in [6, 6.07) is 6.37. The Morgan fingerprint density at radius 1 is 1.24 bits per heavy atom. The predicted molar refractivity (Wildman–Crippen MR) is 78.6 cm³/mol. The molecule has 5 heteroatoms. The molecular formula is C16H18FN3O. The molecule has 0 radical (unpaired) electrons. The second kappa shape index (κ2) is 5.41. The quantitative estimate of drug-likeness (QED) is 0.922. The number of aliphatic hydroxyl groups is 1. The van der Waals surface area contributed by atoms with E-state index in [2.05, 4.69) is 9.97 Å². The van der Waals surface area contributed by atoms with Gasteiger partial charge in [-0.15, -0.1) is 0 Å². The van der Waals surface area contributed by atoms with Crippen molar-refractivity contribution in [3.05, 3.63) is 53.1 Å². The Hall–Kier alpha value is -2.01. The van der Waals surface area contributed by atoms with E-state index in [1.54, 1.807) is 18.3 Å². The minimum Gasteiger partial charge on any atom is -0.391 e.